The maximum Gasteiger partial charge on any atom is 0.161 e. The molecule has 0 N–H and O–H groups in total. The highest BCUT2D eigenvalue weighted by molar-refractivity contribution is 9.08. The topological polar surface area (TPSA) is 18.5 Å². The molecule has 2 rings (SSSR count). The Morgan fingerprint density at radius 3 is 2.75 bits per heavy atom. The molecule has 0 radical (unpaired) electrons. The van der Waals surface area contributed by atoms with Crippen LogP contribution in [-0.2, 0) is 5.33 Å². The zero-order chi connectivity index (χ0) is 11.4. The summed E-state index contributed by atoms with van der Waals surface area (Å²) in [6.07, 6.45) is 3.93. The number of halogens is 1. The van der Waals surface area contributed by atoms with Gasteiger partial charge in [0.05, 0.1) is 13.7 Å². The van der Waals surface area contributed by atoms with Crippen LogP contribution in [0.25, 0.3) is 0 Å². The van der Waals surface area contributed by atoms with Gasteiger partial charge in [-0.2, -0.15) is 0 Å². The van der Waals surface area contributed by atoms with Crippen molar-refractivity contribution < 1.29 is 9.47 Å². The summed E-state index contributed by atoms with van der Waals surface area (Å²) in [5.41, 5.74) is 1.20. The van der Waals surface area contributed by atoms with E-state index in [1.807, 2.05) is 12.1 Å². The van der Waals surface area contributed by atoms with Crippen molar-refractivity contribution in [3.63, 3.8) is 0 Å². The molecule has 0 heterocycles. The van der Waals surface area contributed by atoms with Crippen molar-refractivity contribution in [3.05, 3.63) is 23.8 Å². The lowest BCUT2D eigenvalue weighted by atomic mass is 10.2. The van der Waals surface area contributed by atoms with E-state index in [1.54, 1.807) is 7.11 Å². The molecule has 0 aliphatic heterocycles. The summed E-state index contributed by atoms with van der Waals surface area (Å²) in [5.74, 6) is 2.59. The van der Waals surface area contributed by atoms with Gasteiger partial charge in [0.1, 0.15) is 0 Å². The Bertz CT molecular complexity index is 348. The summed E-state index contributed by atoms with van der Waals surface area (Å²) in [7, 11) is 1.68. The summed E-state index contributed by atoms with van der Waals surface area (Å²) < 4.78 is 11.1. The predicted octanol–water partition coefficient (Wildman–Crippen LogP) is 3.77. The molecular weight excluding hydrogens is 268 g/mol. The number of hydrogen-bond donors (Lipinski definition) is 0. The summed E-state index contributed by atoms with van der Waals surface area (Å²) in [4.78, 5) is 0. The fourth-order valence-corrected chi connectivity index (χ4v) is 2.01. The minimum atomic E-state index is 0.800. The van der Waals surface area contributed by atoms with Crippen molar-refractivity contribution in [1.29, 1.82) is 0 Å². The second-order valence-corrected chi connectivity index (χ2v) is 4.76. The maximum absolute atomic E-state index is 5.74. The number of alkyl halides is 1. The van der Waals surface area contributed by atoms with Gasteiger partial charge in [-0.3, -0.25) is 0 Å². The van der Waals surface area contributed by atoms with Gasteiger partial charge < -0.3 is 9.47 Å². The molecule has 0 unspecified atom stereocenters. The molecule has 0 atom stereocenters. The van der Waals surface area contributed by atoms with Crippen molar-refractivity contribution in [2.75, 3.05) is 13.7 Å². The van der Waals surface area contributed by atoms with Crippen LogP contribution in [-0.4, -0.2) is 13.7 Å². The average Bonchev–Trinajstić information content (AvgIpc) is 3.13. The Morgan fingerprint density at radius 1 is 1.31 bits per heavy atom. The summed E-state index contributed by atoms with van der Waals surface area (Å²) in [6.45, 7) is 0.800. The van der Waals surface area contributed by atoms with Crippen molar-refractivity contribution in [1.82, 2.24) is 0 Å². The highest BCUT2D eigenvalue weighted by Gasteiger charge is 2.20. The van der Waals surface area contributed by atoms with Crippen LogP contribution in [0.5, 0.6) is 11.5 Å². The maximum atomic E-state index is 5.74. The zero-order valence-electron chi connectivity index (χ0n) is 9.54. The minimum Gasteiger partial charge on any atom is -0.493 e. The average molecular weight is 285 g/mol. The second kappa shape index (κ2) is 5.58. The van der Waals surface area contributed by atoms with Crippen molar-refractivity contribution in [2.45, 2.75) is 24.6 Å². The van der Waals surface area contributed by atoms with Crippen LogP contribution in [0.15, 0.2) is 18.2 Å². The molecule has 88 valence electrons. The van der Waals surface area contributed by atoms with Gasteiger partial charge in [-0.05, 0) is 30.0 Å². The van der Waals surface area contributed by atoms with E-state index < -0.39 is 0 Å². The van der Waals surface area contributed by atoms with Crippen LogP contribution in [0.3, 0.4) is 0 Å². The highest BCUT2D eigenvalue weighted by Crippen LogP contribution is 2.33. The first-order chi connectivity index (χ1) is 7.83. The van der Waals surface area contributed by atoms with Gasteiger partial charge >= 0.3 is 0 Å². The SMILES string of the molecule is COc1cc(CBr)ccc1OCCC1CC1. The van der Waals surface area contributed by atoms with Gasteiger partial charge in [-0.1, -0.05) is 34.8 Å². The molecule has 1 aliphatic rings. The normalized spacial score (nSPS) is 14.9. The van der Waals surface area contributed by atoms with Gasteiger partial charge in [-0.15, -0.1) is 0 Å². The Labute approximate surface area is 105 Å². The van der Waals surface area contributed by atoms with Gasteiger partial charge in [0.25, 0.3) is 0 Å². The molecule has 2 nitrogen and oxygen atoms in total. The van der Waals surface area contributed by atoms with E-state index in [9.17, 15) is 0 Å². The lowest BCUT2D eigenvalue weighted by molar-refractivity contribution is 0.283. The van der Waals surface area contributed by atoms with E-state index in [-0.39, 0.29) is 0 Å². The minimum absolute atomic E-state index is 0.800. The number of benzene rings is 1. The Morgan fingerprint density at radius 2 is 2.12 bits per heavy atom. The quantitative estimate of drug-likeness (QED) is 0.741. The van der Waals surface area contributed by atoms with E-state index in [1.165, 1.54) is 24.8 Å². The lowest BCUT2D eigenvalue weighted by Gasteiger charge is -2.11. The van der Waals surface area contributed by atoms with E-state index >= 15 is 0 Å². The standard InChI is InChI=1S/C13H17BrO2/c1-15-13-8-11(9-14)4-5-12(13)16-7-6-10-2-3-10/h4-5,8,10H,2-3,6-7,9H2,1H3. The van der Waals surface area contributed by atoms with Crippen LogP contribution >= 0.6 is 15.9 Å². The fourth-order valence-electron chi connectivity index (χ4n) is 1.66. The van der Waals surface area contributed by atoms with Crippen LogP contribution < -0.4 is 9.47 Å². The molecule has 16 heavy (non-hydrogen) atoms. The molecule has 0 saturated heterocycles. The van der Waals surface area contributed by atoms with Gasteiger partial charge in [-0.25, -0.2) is 0 Å². The molecule has 1 fully saturated rings. The third-order valence-corrected chi connectivity index (χ3v) is 3.51. The number of methoxy groups -OCH3 is 1. The first-order valence-corrected chi connectivity index (χ1v) is 6.81. The van der Waals surface area contributed by atoms with E-state index in [0.717, 1.165) is 29.4 Å². The number of ether oxygens (including phenoxy) is 2. The Hall–Kier alpha value is -0.700. The second-order valence-electron chi connectivity index (χ2n) is 4.20. The molecule has 3 heteroatoms. The zero-order valence-corrected chi connectivity index (χ0v) is 11.1. The van der Waals surface area contributed by atoms with Crippen molar-refractivity contribution >= 4 is 15.9 Å². The van der Waals surface area contributed by atoms with E-state index in [2.05, 4.69) is 22.0 Å². The number of rotatable bonds is 6. The number of hydrogen-bond acceptors (Lipinski definition) is 2. The summed E-state index contributed by atoms with van der Waals surface area (Å²) >= 11 is 3.43. The molecule has 0 aromatic heterocycles. The summed E-state index contributed by atoms with van der Waals surface area (Å²) in [6, 6.07) is 6.06. The molecule has 0 amide bonds. The summed E-state index contributed by atoms with van der Waals surface area (Å²) in [5, 5.41) is 0.839. The first kappa shape index (κ1) is 11.8. The Balaban J connectivity index is 1.94. The Kier molecular flexibility index (Phi) is 4.10. The van der Waals surface area contributed by atoms with Crippen LogP contribution in [0.4, 0.5) is 0 Å². The van der Waals surface area contributed by atoms with Crippen LogP contribution in [0.2, 0.25) is 0 Å². The molecule has 1 aromatic carbocycles. The van der Waals surface area contributed by atoms with E-state index in [4.69, 9.17) is 9.47 Å². The van der Waals surface area contributed by atoms with Gasteiger partial charge in [0.15, 0.2) is 11.5 Å². The largest absolute Gasteiger partial charge is 0.493 e. The lowest BCUT2D eigenvalue weighted by Crippen LogP contribution is -2.00. The monoisotopic (exact) mass is 284 g/mol. The molecular formula is C13H17BrO2. The predicted molar refractivity (Wildman–Crippen MR) is 68.5 cm³/mol. The molecule has 1 saturated carbocycles. The van der Waals surface area contributed by atoms with Crippen molar-refractivity contribution in [3.8, 4) is 11.5 Å². The molecule has 1 aliphatic carbocycles. The molecule has 0 spiro atoms. The van der Waals surface area contributed by atoms with Gasteiger partial charge in [0, 0.05) is 5.33 Å². The van der Waals surface area contributed by atoms with Crippen molar-refractivity contribution in [2.24, 2.45) is 5.92 Å². The highest BCUT2D eigenvalue weighted by atomic mass is 79.9. The van der Waals surface area contributed by atoms with Crippen LogP contribution in [0, 0.1) is 5.92 Å². The van der Waals surface area contributed by atoms with Gasteiger partial charge in [0.2, 0.25) is 0 Å². The van der Waals surface area contributed by atoms with E-state index in [0.29, 0.717) is 0 Å². The molecule has 0 bridgehead atoms. The van der Waals surface area contributed by atoms with Crippen LogP contribution in [0.1, 0.15) is 24.8 Å². The fraction of sp³-hybridized carbons (Fsp3) is 0.538. The third-order valence-electron chi connectivity index (χ3n) is 2.86. The molecule has 1 aromatic rings. The first-order valence-electron chi connectivity index (χ1n) is 5.69. The smallest absolute Gasteiger partial charge is 0.161 e. The third kappa shape index (κ3) is 3.14.